The van der Waals surface area contributed by atoms with Gasteiger partial charge in [-0.1, -0.05) is 42.5 Å². The Hall–Kier alpha value is -3.36. The molecule has 30 heavy (non-hydrogen) atoms. The molecular formula is C22H21NO7. The smallest absolute Gasteiger partial charge is 0.379 e. The van der Waals surface area contributed by atoms with Crippen molar-refractivity contribution in [2.24, 2.45) is 0 Å². The van der Waals surface area contributed by atoms with Crippen molar-refractivity contribution < 1.29 is 33.4 Å². The normalized spacial score (nSPS) is 12.7. The van der Waals surface area contributed by atoms with Gasteiger partial charge in [-0.25, -0.2) is 4.79 Å². The SMILES string of the molecule is O=C(OCCOCCOCCN1C(=O)c2ccccc2C1=O)C(=O)c1ccccc1. The van der Waals surface area contributed by atoms with Gasteiger partial charge < -0.3 is 14.2 Å². The van der Waals surface area contributed by atoms with Crippen LogP contribution >= 0.6 is 0 Å². The number of Topliss-reactive ketones (excluding diaryl/α,β-unsaturated/α-hetero) is 1. The van der Waals surface area contributed by atoms with Gasteiger partial charge in [-0.15, -0.1) is 0 Å². The van der Waals surface area contributed by atoms with Gasteiger partial charge in [-0.05, 0) is 12.1 Å². The molecule has 0 radical (unpaired) electrons. The predicted molar refractivity (Wildman–Crippen MR) is 105 cm³/mol. The van der Waals surface area contributed by atoms with Crippen molar-refractivity contribution in [3.8, 4) is 0 Å². The van der Waals surface area contributed by atoms with Crippen molar-refractivity contribution >= 4 is 23.6 Å². The first kappa shape index (κ1) is 21.4. The molecule has 3 rings (SSSR count). The highest BCUT2D eigenvalue weighted by Gasteiger charge is 2.34. The van der Waals surface area contributed by atoms with Crippen LogP contribution in [0.4, 0.5) is 0 Å². The standard InChI is InChI=1S/C22H21NO7/c24-19(16-6-2-1-3-7-16)22(27)30-15-14-29-13-12-28-11-10-23-20(25)17-8-4-5-9-18(17)21(23)26/h1-9H,10-15H2. The van der Waals surface area contributed by atoms with Crippen LogP contribution in [0.3, 0.4) is 0 Å². The van der Waals surface area contributed by atoms with Crippen molar-refractivity contribution in [1.82, 2.24) is 4.90 Å². The number of imide groups is 1. The lowest BCUT2D eigenvalue weighted by molar-refractivity contribution is -0.139. The van der Waals surface area contributed by atoms with Crippen molar-refractivity contribution in [2.75, 3.05) is 39.6 Å². The largest absolute Gasteiger partial charge is 0.457 e. The van der Waals surface area contributed by atoms with E-state index >= 15 is 0 Å². The number of fused-ring (bicyclic) bond motifs is 1. The minimum absolute atomic E-state index is 0.0492. The quantitative estimate of drug-likeness (QED) is 0.183. The zero-order valence-electron chi connectivity index (χ0n) is 16.2. The molecule has 0 saturated heterocycles. The number of carbonyl (C=O) groups is 4. The van der Waals surface area contributed by atoms with Crippen LogP contribution in [0.2, 0.25) is 0 Å². The van der Waals surface area contributed by atoms with E-state index in [4.69, 9.17) is 14.2 Å². The van der Waals surface area contributed by atoms with E-state index in [1.807, 2.05) is 0 Å². The van der Waals surface area contributed by atoms with Gasteiger partial charge in [0.25, 0.3) is 17.6 Å². The summed E-state index contributed by atoms with van der Waals surface area (Å²) in [5, 5.41) is 0. The van der Waals surface area contributed by atoms with Crippen LogP contribution in [0.1, 0.15) is 31.1 Å². The molecule has 156 valence electrons. The van der Waals surface area contributed by atoms with Crippen LogP contribution in [0.25, 0.3) is 0 Å². The molecule has 0 fully saturated rings. The third-order valence-electron chi connectivity index (χ3n) is 4.39. The van der Waals surface area contributed by atoms with Gasteiger partial charge in [0.2, 0.25) is 0 Å². The van der Waals surface area contributed by atoms with Crippen LogP contribution in [0.5, 0.6) is 0 Å². The van der Waals surface area contributed by atoms with Crippen molar-refractivity contribution in [3.63, 3.8) is 0 Å². The van der Waals surface area contributed by atoms with Crippen molar-refractivity contribution in [1.29, 1.82) is 0 Å². The first-order valence-corrected chi connectivity index (χ1v) is 9.47. The maximum absolute atomic E-state index is 12.2. The van der Waals surface area contributed by atoms with Crippen LogP contribution in [-0.4, -0.2) is 68.0 Å². The lowest BCUT2D eigenvalue weighted by Gasteiger charge is -2.13. The fraction of sp³-hybridized carbons (Fsp3) is 0.273. The lowest BCUT2D eigenvalue weighted by atomic mass is 10.1. The maximum atomic E-state index is 12.2. The molecule has 8 nitrogen and oxygen atoms in total. The Bertz CT molecular complexity index is 891. The van der Waals surface area contributed by atoms with Gasteiger partial charge in [0.15, 0.2) is 0 Å². The summed E-state index contributed by atoms with van der Waals surface area (Å²) in [6.07, 6.45) is 0. The summed E-state index contributed by atoms with van der Waals surface area (Å²) < 4.78 is 15.5. The van der Waals surface area contributed by atoms with E-state index < -0.39 is 11.8 Å². The summed E-state index contributed by atoms with van der Waals surface area (Å²) in [6.45, 7) is 0.912. The summed E-state index contributed by atoms with van der Waals surface area (Å²) in [4.78, 5) is 49.0. The van der Waals surface area contributed by atoms with Gasteiger partial charge in [-0.3, -0.25) is 19.3 Å². The highest BCUT2D eigenvalue weighted by atomic mass is 16.6. The highest BCUT2D eigenvalue weighted by molar-refractivity contribution is 6.40. The van der Waals surface area contributed by atoms with Gasteiger partial charge in [0, 0.05) is 5.56 Å². The van der Waals surface area contributed by atoms with Crippen LogP contribution < -0.4 is 0 Å². The number of hydrogen-bond donors (Lipinski definition) is 0. The summed E-state index contributed by atoms with van der Waals surface area (Å²) >= 11 is 0. The predicted octanol–water partition coefficient (Wildman–Crippen LogP) is 1.74. The Morgan fingerprint density at radius 1 is 0.700 bits per heavy atom. The lowest BCUT2D eigenvalue weighted by Crippen LogP contribution is -2.33. The molecule has 1 heterocycles. The van der Waals surface area contributed by atoms with Crippen LogP contribution in [0, 0.1) is 0 Å². The number of benzene rings is 2. The minimum atomic E-state index is -0.929. The molecule has 0 unspecified atom stereocenters. The molecule has 8 heteroatoms. The number of nitrogens with zero attached hydrogens (tertiary/aromatic N) is 1. The molecule has 2 aromatic rings. The second kappa shape index (κ2) is 10.4. The molecule has 0 spiro atoms. The molecule has 0 aliphatic carbocycles. The average Bonchev–Trinajstić information content (AvgIpc) is 3.02. The molecule has 0 saturated carbocycles. The fourth-order valence-electron chi connectivity index (χ4n) is 2.89. The van der Waals surface area contributed by atoms with E-state index in [9.17, 15) is 19.2 Å². The number of carbonyl (C=O) groups excluding carboxylic acids is 4. The molecule has 0 N–H and O–H groups in total. The van der Waals surface area contributed by atoms with Gasteiger partial charge in [-0.2, -0.15) is 0 Å². The molecule has 1 aliphatic heterocycles. The monoisotopic (exact) mass is 411 g/mol. The number of rotatable bonds is 11. The molecular weight excluding hydrogens is 390 g/mol. The van der Waals surface area contributed by atoms with Gasteiger partial charge in [0.1, 0.15) is 6.61 Å². The van der Waals surface area contributed by atoms with E-state index in [0.717, 1.165) is 4.90 Å². The Kier molecular flexibility index (Phi) is 7.42. The van der Waals surface area contributed by atoms with E-state index in [1.165, 1.54) is 0 Å². The molecule has 0 bridgehead atoms. The Morgan fingerprint density at radius 3 is 1.87 bits per heavy atom. The van der Waals surface area contributed by atoms with Crippen LogP contribution in [0.15, 0.2) is 54.6 Å². The summed E-state index contributed by atoms with van der Waals surface area (Å²) in [5.74, 6) is -2.27. The fourth-order valence-corrected chi connectivity index (χ4v) is 2.89. The molecule has 1 aliphatic rings. The molecule has 2 amide bonds. The molecule has 2 aromatic carbocycles. The number of esters is 1. The number of amides is 2. The Balaban J connectivity index is 1.24. The van der Waals surface area contributed by atoms with Crippen molar-refractivity contribution in [3.05, 3.63) is 71.3 Å². The van der Waals surface area contributed by atoms with Crippen molar-refractivity contribution in [2.45, 2.75) is 0 Å². The van der Waals surface area contributed by atoms with Gasteiger partial charge >= 0.3 is 5.97 Å². The second-order valence-corrected chi connectivity index (χ2v) is 6.36. The second-order valence-electron chi connectivity index (χ2n) is 6.36. The Labute approximate surface area is 173 Å². The van der Waals surface area contributed by atoms with E-state index in [2.05, 4.69) is 0 Å². The third kappa shape index (κ3) is 5.16. The van der Waals surface area contributed by atoms with Crippen LogP contribution in [-0.2, 0) is 19.0 Å². The number of hydrogen-bond acceptors (Lipinski definition) is 7. The third-order valence-corrected chi connectivity index (χ3v) is 4.39. The average molecular weight is 411 g/mol. The summed E-state index contributed by atoms with van der Waals surface area (Å²) in [6, 6.07) is 14.9. The van der Waals surface area contributed by atoms with Gasteiger partial charge in [0.05, 0.1) is 44.1 Å². The molecule has 0 atom stereocenters. The maximum Gasteiger partial charge on any atom is 0.379 e. The van der Waals surface area contributed by atoms with E-state index in [0.29, 0.717) is 11.1 Å². The summed E-state index contributed by atoms with van der Waals surface area (Å²) in [5.41, 5.74) is 1.09. The summed E-state index contributed by atoms with van der Waals surface area (Å²) in [7, 11) is 0. The first-order chi connectivity index (χ1) is 14.6. The highest BCUT2D eigenvalue weighted by Crippen LogP contribution is 2.21. The topological polar surface area (TPSA) is 99.2 Å². The number of ketones is 1. The zero-order chi connectivity index (χ0) is 21.3. The molecule has 0 aromatic heterocycles. The van der Waals surface area contributed by atoms with E-state index in [1.54, 1.807) is 54.6 Å². The first-order valence-electron chi connectivity index (χ1n) is 9.47. The zero-order valence-corrected chi connectivity index (χ0v) is 16.2. The number of ether oxygens (including phenoxy) is 3. The Morgan fingerprint density at radius 2 is 1.23 bits per heavy atom. The minimum Gasteiger partial charge on any atom is -0.457 e. The van der Waals surface area contributed by atoms with E-state index in [-0.39, 0.29) is 57.0 Å².